The predicted molar refractivity (Wildman–Crippen MR) is 129 cm³/mol. The summed E-state index contributed by atoms with van der Waals surface area (Å²) in [4.78, 5) is 27.4. The Hall–Kier alpha value is -4.16. The average molecular weight is 476 g/mol. The number of hydrogen-bond donors (Lipinski definition) is 2. The normalized spacial score (nSPS) is 15.5. The third-order valence-electron chi connectivity index (χ3n) is 6.14. The van der Waals surface area contributed by atoms with E-state index in [-0.39, 0.29) is 29.8 Å². The molecule has 9 heteroatoms. The van der Waals surface area contributed by atoms with Crippen molar-refractivity contribution < 1.29 is 18.7 Å². The van der Waals surface area contributed by atoms with E-state index in [9.17, 15) is 14.0 Å². The van der Waals surface area contributed by atoms with Crippen LogP contribution in [-0.4, -0.2) is 47.5 Å². The lowest BCUT2D eigenvalue weighted by atomic mass is 9.99. The number of ether oxygens (including phenoxy) is 1. The molecule has 0 saturated carbocycles. The fourth-order valence-electron chi connectivity index (χ4n) is 4.46. The molecular formula is C26H26FN5O3. The number of methoxy groups -OCH3 is 1. The van der Waals surface area contributed by atoms with Gasteiger partial charge >= 0.3 is 0 Å². The van der Waals surface area contributed by atoms with Gasteiger partial charge < -0.3 is 25.7 Å². The first-order valence-corrected chi connectivity index (χ1v) is 11.2. The van der Waals surface area contributed by atoms with Gasteiger partial charge in [-0.1, -0.05) is 6.07 Å². The van der Waals surface area contributed by atoms with Gasteiger partial charge in [-0.05, 0) is 66.4 Å². The highest BCUT2D eigenvalue weighted by atomic mass is 19.1. The summed E-state index contributed by atoms with van der Waals surface area (Å²) in [5, 5.41) is 9.13. The Balaban J connectivity index is 1.94. The number of benzene rings is 2. The standard InChI is InChI=1S/C26H26FN5O3/c1-35-20-8-6-16(7-9-20)25-21(17-4-5-18(13-28)22(27)11-17)12-23(32(25)15-24(30)33)26(34)31-10-2-3-19(29)14-31/h4-9,11-12,19H,2-3,10,14-15,29H2,1H3,(H2,30,33). The van der Waals surface area contributed by atoms with E-state index in [1.807, 2.05) is 6.07 Å². The molecule has 0 spiro atoms. The Morgan fingerprint density at radius 1 is 1.17 bits per heavy atom. The number of hydrogen-bond acceptors (Lipinski definition) is 5. The quantitative estimate of drug-likeness (QED) is 0.567. The molecule has 35 heavy (non-hydrogen) atoms. The maximum Gasteiger partial charge on any atom is 0.270 e. The Bertz CT molecular complexity index is 1310. The van der Waals surface area contributed by atoms with Crippen molar-refractivity contribution in [2.45, 2.75) is 25.4 Å². The van der Waals surface area contributed by atoms with Crippen LogP contribution in [0.4, 0.5) is 4.39 Å². The van der Waals surface area contributed by atoms with Gasteiger partial charge in [0.05, 0.1) is 18.4 Å². The van der Waals surface area contributed by atoms with Crippen LogP contribution in [0.3, 0.4) is 0 Å². The molecule has 1 aliphatic heterocycles. The zero-order chi connectivity index (χ0) is 25.1. The molecule has 1 aliphatic rings. The van der Waals surface area contributed by atoms with Crippen molar-refractivity contribution in [1.29, 1.82) is 5.26 Å². The van der Waals surface area contributed by atoms with E-state index in [0.29, 0.717) is 41.2 Å². The minimum atomic E-state index is -0.678. The minimum Gasteiger partial charge on any atom is -0.497 e. The van der Waals surface area contributed by atoms with Crippen molar-refractivity contribution in [3.8, 4) is 34.2 Å². The SMILES string of the molecule is COc1ccc(-c2c(-c3ccc(C#N)c(F)c3)cc(C(=O)N3CCCC(N)C3)n2CC(N)=O)cc1. The van der Waals surface area contributed by atoms with Gasteiger partial charge in [-0.2, -0.15) is 5.26 Å². The number of carbonyl (C=O) groups excluding carboxylic acids is 2. The van der Waals surface area contributed by atoms with Crippen molar-refractivity contribution in [2.75, 3.05) is 20.2 Å². The van der Waals surface area contributed by atoms with E-state index < -0.39 is 11.7 Å². The van der Waals surface area contributed by atoms with Crippen LogP contribution in [0.1, 0.15) is 28.9 Å². The lowest BCUT2D eigenvalue weighted by Crippen LogP contribution is -2.46. The summed E-state index contributed by atoms with van der Waals surface area (Å²) < 4.78 is 21.4. The third-order valence-corrected chi connectivity index (χ3v) is 6.14. The molecule has 2 amide bonds. The van der Waals surface area contributed by atoms with E-state index in [4.69, 9.17) is 21.5 Å². The van der Waals surface area contributed by atoms with Gasteiger partial charge in [0.25, 0.3) is 5.91 Å². The minimum absolute atomic E-state index is 0.0880. The van der Waals surface area contributed by atoms with E-state index in [0.717, 1.165) is 12.8 Å². The second-order valence-corrected chi connectivity index (χ2v) is 8.53. The molecule has 0 bridgehead atoms. The van der Waals surface area contributed by atoms with Crippen molar-refractivity contribution in [1.82, 2.24) is 9.47 Å². The molecule has 180 valence electrons. The lowest BCUT2D eigenvalue weighted by molar-refractivity contribution is -0.118. The summed E-state index contributed by atoms with van der Waals surface area (Å²) in [7, 11) is 1.55. The predicted octanol–water partition coefficient (Wildman–Crippen LogP) is 2.89. The summed E-state index contributed by atoms with van der Waals surface area (Å²) in [6.45, 7) is 0.702. The molecular weight excluding hydrogens is 449 g/mol. The fraction of sp³-hybridized carbons (Fsp3) is 0.269. The fourth-order valence-corrected chi connectivity index (χ4v) is 4.46. The summed E-state index contributed by atoms with van der Waals surface area (Å²) in [6, 6.07) is 14.7. The van der Waals surface area contributed by atoms with Crippen molar-refractivity contribution in [2.24, 2.45) is 11.5 Å². The molecule has 1 unspecified atom stereocenters. The van der Waals surface area contributed by atoms with Crippen LogP contribution < -0.4 is 16.2 Å². The molecule has 1 saturated heterocycles. The van der Waals surface area contributed by atoms with E-state index in [1.54, 1.807) is 53.0 Å². The third kappa shape index (κ3) is 4.88. The highest BCUT2D eigenvalue weighted by Crippen LogP contribution is 2.37. The van der Waals surface area contributed by atoms with Crippen LogP contribution in [0.2, 0.25) is 0 Å². The van der Waals surface area contributed by atoms with Crippen LogP contribution in [0, 0.1) is 17.1 Å². The summed E-state index contributed by atoms with van der Waals surface area (Å²) in [5.74, 6) is -0.955. The topological polar surface area (TPSA) is 127 Å². The first-order chi connectivity index (χ1) is 16.8. The van der Waals surface area contributed by atoms with Gasteiger partial charge in [0.15, 0.2) is 0 Å². The zero-order valence-corrected chi connectivity index (χ0v) is 19.3. The Labute approximate surface area is 202 Å². The van der Waals surface area contributed by atoms with Crippen LogP contribution in [0.15, 0.2) is 48.5 Å². The van der Waals surface area contributed by atoms with E-state index >= 15 is 0 Å². The smallest absolute Gasteiger partial charge is 0.270 e. The Morgan fingerprint density at radius 2 is 1.89 bits per heavy atom. The Morgan fingerprint density at radius 3 is 2.49 bits per heavy atom. The molecule has 1 aromatic heterocycles. The highest BCUT2D eigenvalue weighted by Gasteiger charge is 2.29. The summed E-state index contributed by atoms with van der Waals surface area (Å²) in [5.41, 5.74) is 14.0. The maximum absolute atomic E-state index is 14.6. The molecule has 4 N–H and O–H groups in total. The number of piperidine rings is 1. The van der Waals surface area contributed by atoms with Crippen molar-refractivity contribution in [3.63, 3.8) is 0 Å². The molecule has 0 aliphatic carbocycles. The second kappa shape index (κ2) is 9.99. The first kappa shape index (κ1) is 24.0. The van der Waals surface area contributed by atoms with Gasteiger partial charge in [0.2, 0.25) is 5.91 Å². The number of aromatic nitrogens is 1. The number of nitrogens with two attached hydrogens (primary N) is 2. The molecule has 3 aromatic rings. The highest BCUT2D eigenvalue weighted by molar-refractivity contribution is 5.98. The maximum atomic E-state index is 14.6. The van der Waals surface area contributed by atoms with Crippen LogP contribution in [0.25, 0.3) is 22.4 Å². The van der Waals surface area contributed by atoms with Gasteiger partial charge in [-0.3, -0.25) is 9.59 Å². The number of carbonyl (C=O) groups is 2. The van der Waals surface area contributed by atoms with Crippen LogP contribution in [-0.2, 0) is 11.3 Å². The van der Waals surface area contributed by atoms with Crippen molar-refractivity contribution >= 4 is 11.8 Å². The zero-order valence-electron chi connectivity index (χ0n) is 19.3. The molecule has 2 heterocycles. The number of amides is 2. The summed E-state index contributed by atoms with van der Waals surface area (Å²) in [6.07, 6.45) is 1.61. The molecule has 1 fully saturated rings. The van der Waals surface area contributed by atoms with Crippen LogP contribution in [0.5, 0.6) is 5.75 Å². The van der Waals surface area contributed by atoms with Crippen molar-refractivity contribution in [3.05, 3.63) is 65.6 Å². The van der Waals surface area contributed by atoms with Gasteiger partial charge in [0, 0.05) is 24.7 Å². The largest absolute Gasteiger partial charge is 0.497 e. The monoisotopic (exact) mass is 475 g/mol. The first-order valence-electron chi connectivity index (χ1n) is 11.2. The Kier molecular flexibility index (Phi) is 6.85. The molecule has 1 atom stereocenters. The molecule has 0 radical (unpaired) electrons. The lowest BCUT2D eigenvalue weighted by Gasteiger charge is -2.31. The van der Waals surface area contributed by atoms with Crippen LogP contribution >= 0.6 is 0 Å². The van der Waals surface area contributed by atoms with E-state index in [1.165, 1.54) is 12.1 Å². The second-order valence-electron chi connectivity index (χ2n) is 8.53. The number of primary amides is 1. The van der Waals surface area contributed by atoms with Gasteiger partial charge in [-0.15, -0.1) is 0 Å². The molecule has 4 rings (SSSR count). The number of rotatable bonds is 6. The van der Waals surface area contributed by atoms with E-state index in [2.05, 4.69) is 0 Å². The number of nitriles is 1. The number of halogens is 1. The number of nitrogens with zero attached hydrogens (tertiary/aromatic N) is 3. The number of likely N-dealkylation sites (tertiary alicyclic amines) is 1. The average Bonchev–Trinajstić information content (AvgIpc) is 3.21. The molecule has 2 aromatic carbocycles. The summed E-state index contributed by atoms with van der Waals surface area (Å²) >= 11 is 0. The van der Waals surface area contributed by atoms with Gasteiger partial charge in [-0.25, -0.2) is 4.39 Å². The van der Waals surface area contributed by atoms with Gasteiger partial charge in [0.1, 0.15) is 29.9 Å². The molecule has 8 nitrogen and oxygen atoms in total.